The second-order valence-corrected chi connectivity index (χ2v) is 9.01. The molecule has 1 unspecified atom stereocenters. The van der Waals surface area contributed by atoms with Crippen molar-refractivity contribution in [2.24, 2.45) is 0 Å². The van der Waals surface area contributed by atoms with Gasteiger partial charge in [0.05, 0.1) is 22.6 Å². The normalized spacial score (nSPS) is 16.8. The summed E-state index contributed by atoms with van der Waals surface area (Å²) in [6.07, 6.45) is -4.28. The summed E-state index contributed by atoms with van der Waals surface area (Å²) in [5.74, 6) is -1.05. The van der Waals surface area contributed by atoms with Gasteiger partial charge in [-0.25, -0.2) is 9.18 Å². The van der Waals surface area contributed by atoms with E-state index in [2.05, 4.69) is 5.32 Å². The van der Waals surface area contributed by atoms with Crippen molar-refractivity contribution in [3.63, 3.8) is 0 Å². The first-order valence-corrected chi connectivity index (χ1v) is 11.1. The molecule has 1 atom stereocenters. The number of hydrogen-bond donors (Lipinski definition) is 2. The number of hydrogen-bond acceptors (Lipinski definition) is 5. The summed E-state index contributed by atoms with van der Waals surface area (Å²) in [6, 6.07) is 7.92. The van der Waals surface area contributed by atoms with E-state index in [1.807, 2.05) is 0 Å². The summed E-state index contributed by atoms with van der Waals surface area (Å²) < 4.78 is 61.2. The highest BCUT2D eigenvalue weighted by Crippen LogP contribution is 2.37. The van der Waals surface area contributed by atoms with Gasteiger partial charge in [-0.3, -0.25) is 4.79 Å². The predicted octanol–water partition coefficient (Wildman–Crippen LogP) is 6.01. The van der Waals surface area contributed by atoms with Crippen molar-refractivity contribution in [1.82, 2.24) is 0 Å². The molecule has 0 radical (unpaired) electrons. The van der Waals surface area contributed by atoms with Gasteiger partial charge in [0.25, 0.3) is 0 Å². The lowest BCUT2D eigenvalue weighted by Crippen LogP contribution is -2.40. The van der Waals surface area contributed by atoms with Gasteiger partial charge in [0.1, 0.15) is 11.3 Å². The molecule has 3 aromatic rings. The van der Waals surface area contributed by atoms with Crippen LogP contribution in [-0.2, 0) is 6.18 Å². The zero-order chi connectivity index (χ0) is 25.5. The van der Waals surface area contributed by atoms with E-state index in [1.165, 1.54) is 25.1 Å². The second-order valence-electron chi connectivity index (χ2n) is 9.01. The Hall–Kier alpha value is -3.56. The Morgan fingerprint density at radius 1 is 1.17 bits per heavy atom. The first-order chi connectivity index (χ1) is 16.4. The highest BCUT2D eigenvalue weighted by molar-refractivity contribution is 5.94. The molecule has 2 N–H and O–H groups in total. The maximum Gasteiger partial charge on any atom is 0.416 e. The van der Waals surface area contributed by atoms with E-state index in [9.17, 15) is 32.3 Å². The quantitative estimate of drug-likeness (QED) is 0.425. The summed E-state index contributed by atoms with van der Waals surface area (Å²) in [5, 5.41) is 12.1. The van der Waals surface area contributed by atoms with Crippen LogP contribution in [0.15, 0.2) is 51.7 Å². The van der Waals surface area contributed by atoms with Crippen molar-refractivity contribution in [1.29, 1.82) is 0 Å². The van der Waals surface area contributed by atoms with Crippen LogP contribution in [0.2, 0.25) is 0 Å². The summed E-state index contributed by atoms with van der Waals surface area (Å²) in [5.41, 5.74) is -2.86. The monoisotopic (exact) mass is 492 g/mol. The first-order valence-electron chi connectivity index (χ1n) is 11.1. The number of halogens is 4. The Morgan fingerprint density at radius 2 is 1.83 bits per heavy atom. The number of benzene rings is 2. The van der Waals surface area contributed by atoms with Gasteiger partial charge in [0, 0.05) is 30.4 Å². The lowest BCUT2D eigenvalue weighted by atomic mass is 9.96. The Labute approximate surface area is 198 Å². The molecule has 2 aromatic carbocycles. The van der Waals surface area contributed by atoms with Crippen LogP contribution in [0.3, 0.4) is 0 Å². The zero-order valence-corrected chi connectivity index (χ0v) is 19.1. The molecule has 0 amide bonds. The van der Waals surface area contributed by atoms with Gasteiger partial charge in [0.15, 0.2) is 11.3 Å². The molecular formula is C25H24F4N2O4. The van der Waals surface area contributed by atoms with Crippen LogP contribution in [0.25, 0.3) is 11.0 Å². The number of rotatable bonds is 5. The highest BCUT2D eigenvalue weighted by Gasteiger charge is 2.34. The minimum absolute atomic E-state index is 0.0399. The fourth-order valence-electron chi connectivity index (χ4n) is 4.21. The first kappa shape index (κ1) is 24.6. The van der Waals surface area contributed by atoms with Crippen LogP contribution in [0, 0.1) is 0 Å². The zero-order valence-electron chi connectivity index (χ0n) is 19.1. The van der Waals surface area contributed by atoms with E-state index in [0.717, 1.165) is 18.2 Å². The SMILES string of the molecule is CC(Nc1ccccc1C(=O)O)c1cc(C(F)(F)F)cc2c(=O)cc(N3CCC(C)(F)CC3)oc12. The number of para-hydroxylation sites is 1. The van der Waals surface area contributed by atoms with Gasteiger partial charge in [-0.05, 0) is 51.0 Å². The van der Waals surface area contributed by atoms with E-state index in [0.29, 0.717) is 0 Å². The topological polar surface area (TPSA) is 82.8 Å². The molecule has 4 rings (SSSR count). The molecule has 1 fully saturated rings. The van der Waals surface area contributed by atoms with Crippen molar-refractivity contribution >= 4 is 28.5 Å². The molecule has 0 bridgehead atoms. The third-order valence-electron chi connectivity index (χ3n) is 6.29. The fraction of sp³-hybridized carbons (Fsp3) is 0.360. The third-order valence-corrected chi connectivity index (χ3v) is 6.29. The number of aromatic carboxylic acids is 1. The van der Waals surface area contributed by atoms with Gasteiger partial charge >= 0.3 is 12.1 Å². The smallest absolute Gasteiger partial charge is 0.416 e. The van der Waals surface area contributed by atoms with E-state index >= 15 is 0 Å². The van der Waals surface area contributed by atoms with Crippen molar-refractivity contribution in [2.45, 2.75) is 44.6 Å². The average molecular weight is 492 g/mol. The Kier molecular flexibility index (Phi) is 6.25. The number of nitrogens with one attached hydrogen (secondary N) is 1. The van der Waals surface area contributed by atoms with Gasteiger partial charge < -0.3 is 19.7 Å². The lowest BCUT2D eigenvalue weighted by molar-refractivity contribution is -0.137. The Balaban J connectivity index is 1.83. The molecule has 0 spiro atoms. The molecule has 6 nitrogen and oxygen atoms in total. The second kappa shape index (κ2) is 8.90. The molecule has 0 saturated carbocycles. The molecular weight excluding hydrogens is 468 g/mol. The van der Waals surface area contributed by atoms with Crippen molar-refractivity contribution < 1.29 is 31.9 Å². The molecule has 1 aliphatic rings. The molecule has 0 aliphatic carbocycles. The number of piperidine rings is 1. The molecule has 186 valence electrons. The van der Waals surface area contributed by atoms with E-state index in [-0.39, 0.29) is 59.6 Å². The largest absolute Gasteiger partial charge is 0.478 e. The number of anilines is 2. The third kappa shape index (κ3) is 5.11. The van der Waals surface area contributed by atoms with Crippen LogP contribution in [0.4, 0.5) is 29.1 Å². The van der Waals surface area contributed by atoms with Crippen molar-refractivity contribution in [3.05, 3.63) is 69.4 Å². The van der Waals surface area contributed by atoms with Crippen LogP contribution in [0.5, 0.6) is 0 Å². The molecule has 1 aromatic heterocycles. The Bertz CT molecular complexity index is 1320. The minimum atomic E-state index is -4.72. The van der Waals surface area contributed by atoms with E-state index in [4.69, 9.17) is 4.42 Å². The van der Waals surface area contributed by atoms with Crippen LogP contribution in [0.1, 0.15) is 54.2 Å². The van der Waals surface area contributed by atoms with E-state index in [1.54, 1.807) is 17.9 Å². The molecule has 35 heavy (non-hydrogen) atoms. The van der Waals surface area contributed by atoms with Crippen molar-refractivity contribution in [3.8, 4) is 0 Å². The predicted molar refractivity (Wildman–Crippen MR) is 124 cm³/mol. The standard InChI is InChI=1S/C25H24F4N2O4/c1-14(30-19-6-4-3-5-16(19)23(33)34)17-11-15(25(27,28)29)12-18-20(32)13-21(35-22(17)18)31-9-7-24(2,26)8-10-31/h3-6,11-14,30H,7-10H2,1-2H3,(H,33,34). The van der Waals surface area contributed by atoms with Gasteiger partial charge in [-0.15, -0.1) is 0 Å². The fourth-order valence-corrected chi connectivity index (χ4v) is 4.21. The van der Waals surface area contributed by atoms with Crippen LogP contribution >= 0.6 is 0 Å². The molecule has 1 aliphatic heterocycles. The minimum Gasteiger partial charge on any atom is -0.478 e. The van der Waals surface area contributed by atoms with Crippen LogP contribution in [-0.4, -0.2) is 29.8 Å². The van der Waals surface area contributed by atoms with Crippen LogP contribution < -0.4 is 15.6 Å². The molecule has 10 heteroatoms. The highest BCUT2D eigenvalue weighted by atomic mass is 19.4. The summed E-state index contributed by atoms with van der Waals surface area (Å²) in [4.78, 5) is 26.2. The van der Waals surface area contributed by atoms with Gasteiger partial charge in [-0.2, -0.15) is 13.2 Å². The van der Waals surface area contributed by atoms with Gasteiger partial charge in [-0.1, -0.05) is 12.1 Å². The number of fused-ring (bicyclic) bond motifs is 1. The number of carbonyl (C=O) groups is 1. The number of alkyl halides is 4. The lowest BCUT2D eigenvalue weighted by Gasteiger charge is -2.34. The average Bonchev–Trinajstić information content (AvgIpc) is 2.78. The summed E-state index contributed by atoms with van der Waals surface area (Å²) >= 11 is 0. The van der Waals surface area contributed by atoms with E-state index < -0.39 is 34.8 Å². The van der Waals surface area contributed by atoms with Gasteiger partial charge in [0.2, 0.25) is 0 Å². The summed E-state index contributed by atoms with van der Waals surface area (Å²) in [7, 11) is 0. The summed E-state index contributed by atoms with van der Waals surface area (Å²) in [6.45, 7) is 3.63. The maximum atomic E-state index is 14.2. The molecule has 1 saturated heterocycles. The number of carboxylic acid groups (broad SMARTS) is 1. The molecule has 2 heterocycles. The number of carboxylic acids is 1. The maximum absolute atomic E-state index is 14.2. The number of nitrogens with zero attached hydrogens (tertiary/aromatic N) is 1. The van der Waals surface area contributed by atoms with Crippen molar-refractivity contribution in [2.75, 3.05) is 23.3 Å². The Morgan fingerprint density at radius 3 is 2.46 bits per heavy atom.